The fourth-order valence-electron chi connectivity index (χ4n) is 1.77. The van der Waals surface area contributed by atoms with E-state index in [1.807, 2.05) is 31.2 Å². The first-order chi connectivity index (χ1) is 11.2. The molecule has 0 unspecified atom stereocenters. The number of nitrogens with one attached hydrogen (secondary N) is 1. The second kappa shape index (κ2) is 8.80. The lowest BCUT2D eigenvalue weighted by Gasteiger charge is -2.06. The molecule has 0 aliphatic rings. The van der Waals surface area contributed by atoms with E-state index in [0.717, 1.165) is 11.3 Å². The van der Waals surface area contributed by atoms with Crippen LogP contribution in [0.1, 0.15) is 12.5 Å². The maximum Gasteiger partial charge on any atom is 0.277 e. The predicted molar refractivity (Wildman–Crippen MR) is 90.3 cm³/mol. The Balaban J connectivity index is 1.82. The van der Waals surface area contributed by atoms with Gasteiger partial charge in [-0.05, 0) is 36.8 Å². The highest BCUT2D eigenvalue weighted by Crippen LogP contribution is 2.22. The highest BCUT2D eigenvalue weighted by Gasteiger charge is 2.04. The Labute approximate surface area is 139 Å². The van der Waals surface area contributed by atoms with Gasteiger partial charge in [-0.25, -0.2) is 5.43 Å². The molecule has 0 bridgehead atoms. The Kier molecular flexibility index (Phi) is 6.44. The van der Waals surface area contributed by atoms with Crippen LogP contribution in [0.2, 0.25) is 5.02 Å². The molecule has 2 aromatic carbocycles. The Morgan fingerprint density at radius 3 is 2.83 bits per heavy atom. The highest BCUT2D eigenvalue weighted by atomic mass is 35.5. The van der Waals surface area contributed by atoms with E-state index in [1.54, 1.807) is 24.3 Å². The van der Waals surface area contributed by atoms with Gasteiger partial charge in [0, 0.05) is 0 Å². The Morgan fingerprint density at radius 1 is 1.22 bits per heavy atom. The SMILES string of the molecule is CCOc1cccc(/C=N/NC(=O)COc2ccccc2Cl)c1. The number of carbonyl (C=O) groups is 1. The molecule has 0 aliphatic heterocycles. The van der Waals surface area contributed by atoms with E-state index < -0.39 is 0 Å². The van der Waals surface area contributed by atoms with Gasteiger partial charge in [0.15, 0.2) is 6.61 Å². The summed E-state index contributed by atoms with van der Waals surface area (Å²) in [5.74, 6) is 0.838. The van der Waals surface area contributed by atoms with E-state index in [0.29, 0.717) is 17.4 Å². The molecule has 6 heteroatoms. The van der Waals surface area contributed by atoms with Gasteiger partial charge in [-0.1, -0.05) is 35.9 Å². The lowest BCUT2D eigenvalue weighted by atomic mass is 10.2. The van der Waals surface area contributed by atoms with Crippen molar-refractivity contribution >= 4 is 23.7 Å². The van der Waals surface area contributed by atoms with Gasteiger partial charge in [-0.2, -0.15) is 5.10 Å². The topological polar surface area (TPSA) is 59.9 Å². The number of rotatable bonds is 7. The predicted octanol–water partition coefficient (Wildman–Crippen LogP) is 3.27. The van der Waals surface area contributed by atoms with Crippen LogP contribution in [-0.4, -0.2) is 25.3 Å². The summed E-state index contributed by atoms with van der Waals surface area (Å²) in [4.78, 5) is 11.7. The maximum atomic E-state index is 11.7. The van der Waals surface area contributed by atoms with Crippen molar-refractivity contribution in [1.29, 1.82) is 0 Å². The second-order valence-corrected chi connectivity index (χ2v) is 4.92. The molecule has 1 amide bonds. The lowest BCUT2D eigenvalue weighted by molar-refractivity contribution is -0.123. The van der Waals surface area contributed by atoms with Crippen LogP contribution in [0.5, 0.6) is 11.5 Å². The minimum atomic E-state index is -0.373. The van der Waals surface area contributed by atoms with E-state index in [2.05, 4.69) is 10.5 Å². The van der Waals surface area contributed by atoms with Crippen LogP contribution in [0.3, 0.4) is 0 Å². The summed E-state index contributed by atoms with van der Waals surface area (Å²) in [6.45, 7) is 2.34. The molecule has 120 valence electrons. The van der Waals surface area contributed by atoms with Crippen LogP contribution in [0, 0.1) is 0 Å². The molecule has 0 saturated heterocycles. The minimum Gasteiger partial charge on any atom is -0.494 e. The van der Waals surface area contributed by atoms with Crippen LogP contribution in [0.15, 0.2) is 53.6 Å². The fourth-order valence-corrected chi connectivity index (χ4v) is 1.96. The monoisotopic (exact) mass is 332 g/mol. The molecule has 0 heterocycles. The molecular weight excluding hydrogens is 316 g/mol. The number of hydrogen-bond acceptors (Lipinski definition) is 4. The third kappa shape index (κ3) is 5.64. The number of halogens is 1. The second-order valence-electron chi connectivity index (χ2n) is 4.52. The first kappa shape index (κ1) is 16.8. The average molecular weight is 333 g/mol. The van der Waals surface area contributed by atoms with Crippen LogP contribution in [-0.2, 0) is 4.79 Å². The first-order valence-electron chi connectivity index (χ1n) is 7.11. The number of hydrogen-bond donors (Lipinski definition) is 1. The van der Waals surface area contributed by atoms with E-state index in [9.17, 15) is 4.79 Å². The zero-order valence-corrected chi connectivity index (χ0v) is 13.4. The van der Waals surface area contributed by atoms with Gasteiger partial charge in [0.05, 0.1) is 17.8 Å². The van der Waals surface area contributed by atoms with Crippen molar-refractivity contribution in [3.8, 4) is 11.5 Å². The lowest BCUT2D eigenvalue weighted by Crippen LogP contribution is -2.24. The molecule has 0 radical (unpaired) electrons. The van der Waals surface area contributed by atoms with Crippen molar-refractivity contribution in [3.05, 3.63) is 59.1 Å². The molecule has 5 nitrogen and oxygen atoms in total. The van der Waals surface area contributed by atoms with E-state index >= 15 is 0 Å². The summed E-state index contributed by atoms with van der Waals surface area (Å²) >= 11 is 5.93. The normalized spacial score (nSPS) is 10.5. The molecule has 0 saturated carbocycles. The van der Waals surface area contributed by atoms with Gasteiger partial charge in [0.25, 0.3) is 5.91 Å². The third-order valence-corrected chi connectivity index (χ3v) is 3.08. The number of nitrogens with zero attached hydrogens (tertiary/aromatic N) is 1. The van der Waals surface area contributed by atoms with Gasteiger partial charge < -0.3 is 9.47 Å². The summed E-state index contributed by atoms with van der Waals surface area (Å²) in [5.41, 5.74) is 3.22. The summed E-state index contributed by atoms with van der Waals surface area (Å²) in [7, 11) is 0. The van der Waals surface area contributed by atoms with Crippen LogP contribution in [0.4, 0.5) is 0 Å². The smallest absolute Gasteiger partial charge is 0.277 e. The average Bonchev–Trinajstić information content (AvgIpc) is 2.55. The largest absolute Gasteiger partial charge is 0.494 e. The molecular formula is C17H17ClN2O3. The molecule has 23 heavy (non-hydrogen) atoms. The van der Waals surface area contributed by atoms with Gasteiger partial charge in [-0.3, -0.25) is 4.79 Å². The summed E-state index contributed by atoms with van der Waals surface area (Å²) in [6.07, 6.45) is 1.54. The van der Waals surface area contributed by atoms with Gasteiger partial charge in [0.2, 0.25) is 0 Å². The Hall–Kier alpha value is -2.53. The molecule has 2 rings (SSSR count). The van der Waals surface area contributed by atoms with Crippen molar-refractivity contribution in [1.82, 2.24) is 5.43 Å². The number of ether oxygens (including phenoxy) is 2. The zero-order chi connectivity index (χ0) is 16.5. The van der Waals surface area contributed by atoms with Gasteiger partial charge in [0.1, 0.15) is 11.5 Å². The van der Waals surface area contributed by atoms with Crippen LogP contribution < -0.4 is 14.9 Å². The van der Waals surface area contributed by atoms with E-state index in [1.165, 1.54) is 6.21 Å². The first-order valence-corrected chi connectivity index (χ1v) is 7.49. The van der Waals surface area contributed by atoms with Crippen molar-refractivity contribution < 1.29 is 14.3 Å². The van der Waals surface area contributed by atoms with Crippen molar-refractivity contribution in [3.63, 3.8) is 0 Å². The molecule has 1 N–H and O–H groups in total. The molecule has 0 aliphatic carbocycles. The molecule has 2 aromatic rings. The molecule has 0 aromatic heterocycles. The van der Waals surface area contributed by atoms with E-state index in [4.69, 9.17) is 21.1 Å². The Morgan fingerprint density at radius 2 is 2.04 bits per heavy atom. The zero-order valence-electron chi connectivity index (χ0n) is 12.7. The van der Waals surface area contributed by atoms with Gasteiger partial charge in [-0.15, -0.1) is 0 Å². The molecule has 0 spiro atoms. The van der Waals surface area contributed by atoms with Crippen molar-refractivity contribution in [2.24, 2.45) is 5.10 Å². The highest BCUT2D eigenvalue weighted by molar-refractivity contribution is 6.32. The quantitative estimate of drug-likeness (QED) is 0.625. The minimum absolute atomic E-state index is 0.167. The standard InChI is InChI=1S/C17H17ClN2O3/c1-2-22-14-7-5-6-13(10-14)11-19-20-17(21)12-23-16-9-4-3-8-15(16)18/h3-11H,2,12H2,1H3,(H,20,21)/b19-11+. The molecule has 0 atom stereocenters. The van der Waals surface area contributed by atoms with Crippen LogP contribution in [0.25, 0.3) is 0 Å². The summed E-state index contributed by atoms with van der Waals surface area (Å²) in [5, 5.41) is 4.34. The van der Waals surface area contributed by atoms with Crippen LogP contribution >= 0.6 is 11.6 Å². The number of para-hydroxylation sites is 1. The van der Waals surface area contributed by atoms with Crippen molar-refractivity contribution in [2.45, 2.75) is 6.92 Å². The number of hydrazone groups is 1. The van der Waals surface area contributed by atoms with E-state index in [-0.39, 0.29) is 12.5 Å². The fraction of sp³-hybridized carbons (Fsp3) is 0.176. The number of amides is 1. The number of benzene rings is 2. The number of carbonyl (C=O) groups excluding carboxylic acids is 1. The summed E-state index contributed by atoms with van der Waals surface area (Å²) < 4.78 is 10.7. The summed E-state index contributed by atoms with van der Waals surface area (Å²) in [6, 6.07) is 14.4. The maximum absolute atomic E-state index is 11.7. The van der Waals surface area contributed by atoms with Crippen molar-refractivity contribution in [2.75, 3.05) is 13.2 Å². The Bertz CT molecular complexity index is 689. The third-order valence-electron chi connectivity index (χ3n) is 2.77. The molecule has 0 fully saturated rings. The van der Waals surface area contributed by atoms with Gasteiger partial charge >= 0.3 is 0 Å².